The molecule has 622 valence electrons. The van der Waals surface area contributed by atoms with Gasteiger partial charge in [-0.05, 0) is 116 Å². The third-order valence-corrected chi connectivity index (χ3v) is 19.8. The number of hydrogen-bond acceptors (Lipinski definition) is 18. The summed E-state index contributed by atoms with van der Waals surface area (Å²) < 4.78 is 34.4. The molecule has 0 saturated carbocycles. The summed E-state index contributed by atoms with van der Waals surface area (Å²) in [7, 11) is 0. The van der Waals surface area contributed by atoms with E-state index in [1.54, 1.807) is 6.08 Å². The molecule has 3 aliphatic rings. The fourth-order valence-corrected chi connectivity index (χ4v) is 13.1. The van der Waals surface area contributed by atoms with Crippen molar-refractivity contribution in [2.75, 3.05) is 26.4 Å². The Hall–Kier alpha value is -4.59. The molecule has 3 fully saturated rings. The average Bonchev–Trinajstić information content (AvgIpc) is 0.760. The molecule has 1 amide bonds. The Kier molecular flexibility index (Phi) is 61.4. The van der Waals surface area contributed by atoms with Crippen molar-refractivity contribution < 1.29 is 89.4 Å². The van der Waals surface area contributed by atoms with E-state index >= 15 is 0 Å². The number of carbonyl (C=O) groups is 1. The minimum atomic E-state index is -1.99. The van der Waals surface area contributed by atoms with Crippen LogP contribution in [0.5, 0.6) is 0 Å². The molecular formula is C90H149NO18. The second-order valence-corrected chi connectivity index (χ2v) is 29.2. The molecule has 3 rings (SSSR count). The molecule has 0 aromatic heterocycles. The molecule has 3 saturated heterocycles. The molecule has 3 heterocycles. The highest BCUT2D eigenvalue weighted by molar-refractivity contribution is 5.76. The number of hydrogen-bond donors (Lipinski definition) is 12. The molecule has 109 heavy (non-hydrogen) atoms. The van der Waals surface area contributed by atoms with E-state index in [1.165, 1.54) is 128 Å². The van der Waals surface area contributed by atoms with Gasteiger partial charge in [-0.15, -0.1) is 0 Å². The number of aliphatic hydroxyl groups is 11. The van der Waals surface area contributed by atoms with E-state index in [1.807, 2.05) is 6.08 Å². The Morgan fingerprint density at radius 3 is 1.03 bits per heavy atom. The summed E-state index contributed by atoms with van der Waals surface area (Å²) >= 11 is 0. The summed E-state index contributed by atoms with van der Waals surface area (Å²) in [5.41, 5.74) is 0. The van der Waals surface area contributed by atoms with Gasteiger partial charge in [0.2, 0.25) is 5.91 Å². The van der Waals surface area contributed by atoms with Crippen molar-refractivity contribution in [1.82, 2.24) is 5.32 Å². The monoisotopic (exact) mass is 1530 g/mol. The first-order chi connectivity index (χ1) is 53.3. The SMILES string of the molecule is CC/C=C\C/C=C\C/C=C\C/C=C\C/C=C\C/C=C\C/C=C\C/C=C\C/C=C\C/C=C\C/C=C\CCCCCC(=O)NC(COC1OC(CO)C(OC2OC(CO)C(OC3OC(CO)C(O)C(O)C3O)C(O)C2O)C(O)C1O)C(O)/C=C/CC/C=C/CCCCCCCCCCCCCCCCCCCCCCC. The third-order valence-electron chi connectivity index (χ3n) is 19.8. The lowest BCUT2D eigenvalue weighted by atomic mass is 9.96. The lowest BCUT2D eigenvalue weighted by molar-refractivity contribution is -0.379. The van der Waals surface area contributed by atoms with Crippen molar-refractivity contribution in [3.05, 3.63) is 158 Å². The van der Waals surface area contributed by atoms with Crippen LogP contribution in [0.3, 0.4) is 0 Å². The number of carbonyl (C=O) groups excluding carboxylic acids is 1. The van der Waals surface area contributed by atoms with Crippen LogP contribution in [0.4, 0.5) is 0 Å². The Balaban J connectivity index is 1.39. The fraction of sp³-hybridized carbons (Fsp3) is 0.700. The highest BCUT2D eigenvalue weighted by atomic mass is 16.8. The van der Waals surface area contributed by atoms with Gasteiger partial charge in [0.1, 0.15) is 73.2 Å². The van der Waals surface area contributed by atoms with E-state index in [2.05, 4.69) is 165 Å². The van der Waals surface area contributed by atoms with Gasteiger partial charge in [-0.25, -0.2) is 0 Å². The van der Waals surface area contributed by atoms with E-state index in [4.69, 9.17) is 28.4 Å². The molecule has 0 aromatic carbocycles. The Bertz CT molecular complexity index is 2590. The van der Waals surface area contributed by atoms with Crippen LogP contribution >= 0.6 is 0 Å². The van der Waals surface area contributed by atoms with Crippen LogP contribution in [0, 0.1) is 0 Å². The van der Waals surface area contributed by atoms with Crippen molar-refractivity contribution in [2.45, 2.75) is 375 Å². The van der Waals surface area contributed by atoms with Gasteiger partial charge in [0.25, 0.3) is 0 Å². The number of nitrogens with one attached hydrogen (secondary N) is 1. The van der Waals surface area contributed by atoms with Gasteiger partial charge in [0.15, 0.2) is 18.9 Å². The smallest absolute Gasteiger partial charge is 0.220 e. The summed E-state index contributed by atoms with van der Waals surface area (Å²) in [4.78, 5) is 13.5. The van der Waals surface area contributed by atoms with Gasteiger partial charge in [-0.3, -0.25) is 4.79 Å². The summed E-state index contributed by atoms with van der Waals surface area (Å²) in [5, 5.41) is 121. The molecule has 0 radical (unpaired) electrons. The second-order valence-electron chi connectivity index (χ2n) is 29.2. The number of amides is 1. The zero-order valence-corrected chi connectivity index (χ0v) is 66.7. The summed E-state index contributed by atoms with van der Waals surface area (Å²) in [6.45, 7) is 1.59. The first kappa shape index (κ1) is 98.6. The Labute approximate surface area is 656 Å². The summed E-state index contributed by atoms with van der Waals surface area (Å²) in [6, 6.07) is -1.02. The zero-order valence-electron chi connectivity index (χ0n) is 66.7. The quantitative estimate of drug-likeness (QED) is 0.0199. The predicted octanol–water partition coefficient (Wildman–Crippen LogP) is 15.2. The lowest BCUT2D eigenvalue weighted by Crippen LogP contribution is -2.66. The van der Waals surface area contributed by atoms with Crippen LogP contribution in [0.1, 0.15) is 271 Å². The van der Waals surface area contributed by atoms with Gasteiger partial charge < -0.3 is 89.9 Å². The van der Waals surface area contributed by atoms with Crippen LogP contribution in [-0.2, 0) is 33.2 Å². The summed E-state index contributed by atoms with van der Waals surface area (Å²) in [6.07, 6.45) is 73.7. The first-order valence-electron chi connectivity index (χ1n) is 42.2. The summed E-state index contributed by atoms with van der Waals surface area (Å²) in [5.74, 6) is -0.322. The number of allylic oxidation sites excluding steroid dienone is 25. The maximum Gasteiger partial charge on any atom is 0.220 e. The van der Waals surface area contributed by atoms with Gasteiger partial charge >= 0.3 is 0 Å². The number of aliphatic hydroxyl groups excluding tert-OH is 11. The number of unbranched alkanes of at least 4 members (excludes halogenated alkanes) is 25. The van der Waals surface area contributed by atoms with Crippen molar-refractivity contribution in [2.24, 2.45) is 0 Å². The van der Waals surface area contributed by atoms with Crippen molar-refractivity contribution in [3.63, 3.8) is 0 Å². The second kappa shape index (κ2) is 67.9. The molecule has 19 heteroatoms. The van der Waals surface area contributed by atoms with E-state index in [9.17, 15) is 61.0 Å². The molecule has 0 spiro atoms. The van der Waals surface area contributed by atoms with Crippen molar-refractivity contribution in [3.8, 4) is 0 Å². The molecule has 17 unspecified atom stereocenters. The lowest BCUT2D eigenvalue weighted by Gasteiger charge is -2.48. The maximum atomic E-state index is 13.5. The number of rotatable bonds is 65. The molecule has 0 bridgehead atoms. The largest absolute Gasteiger partial charge is 0.394 e. The van der Waals surface area contributed by atoms with Crippen LogP contribution in [0.25, 0.3) is 0 Å². The molecule has 0 aromatic rings. The highest BCUT2D eigenvalue weighted by Crippen LogP contribution is 2.33. The van der Waals surface area contributed by atoms with Crippen LogP contribution < -0.4 is 5.32 Å². The maximum absolute atomic E-state index is 13.5. The zero-order chi connectivity index (χ0) is 78.8. The van der Waals surface area contributed by atoms with E-state index in [0.717, 1.165) is 109 Å². The van der Waals surface area contributed by atoms with E-state index in [-0.39, 0.29) is 12.3 Å². The molecule has 19 nitrogen and oxygen atoms in total. The van der Waals surface area contributed by atoms with Crippen LogP contribution in [-0.4, -0.2) is 193 Å². The van der Waals surface area contributed by atoms with Crippen LogP contribution in [0.15, 0.2) is 158 Å². The third kappa shape index (κ3) is 47.0. The van der Waals surface area contributed by atoms with Crippen molar-refractivity contribution in [1.29, 1.82) is 0 Å². The Morgan fingerprint density at radius 1 is 0.339 bits per heavy atom. The molecule has 17 atom stereocenters. The molecule has 12 N–H and O–H groups in total. The topological polar surface area (TPSA) is 307 Å². The molecular weight excluding hydrogens is 1380 g/mol. The van der Waals surface area contributed by atoms with Crippen molar-refractivity contribution >= 4 is 5.91 Å². The number of ether oxygens (including phenoxy) is 6. The van der Waals surface area contributed by atoms with Gasteiger partial charge in [0, 0.05) is 6.42 Å². The fourth-order valence-electron chi connectivity index (χ4n) is 13.1. The average molecular weight is 1530 g/mol. The minimum Gasteiger partial charge on any atom is -0.394 e. The first-order valence-corrected chi connectivity index (χ1v) is 42.2. The normalized spacial score (nSPS) is 26.1. The molecule has 3 aliphatic heterocycles. The Morgan fingerprint density at radius 2 is 0.642 bits per heavy atom. The van der Waals surface area contributed by atoms with Gasteiger partial charge in [0.05, 0.1) is 38.6 Å². The predicted molar refractivity (Wildman–Crippen MR) is 438 cm³/mol. The minimum absolute atomic E-state index is 0.185. The van der Waals surface area contributed by atoms with Crippen LogP contribution in [0.2, 0.25) is 0 Å². The van der Waals surface area contributed by atoms with Gasteiger partial charge in [-0.2, -0.15) is 0 Å². The van der Waals surface area contributed by atoms with E-state index < -0.39 is 131 Å². The molecule has 0 aliphatic carbocycles. The highest BCUT2D eigenvalue weighted by Gasteiger charge is 2.54. The standard InChI is InChI=1S/C90H149NO18/c1-3-5-7-9-11-13-15-17-19-21-23-25-27-29-31-32-33-34-35-36-37-38-39-40-42-44-46-48-50-52-54-56-58-60-62-64-66-68-78(96)91-73(74(95)67-65-63-61-59-57-55-53-51-49-47-45-43-41-30-28-26-24-22-20-18-16-14-12-10-8-6-4-2)72-104-88-84(102)81(99)86(76(70-93)106-88)109-90-85(103)82(100)87(77(71-94)107-90)108-89-83(101)80(98)79(97)75(69-92)105-89/h5,7,11,13,17,19,23,25,29,31,33-34,36-37,39-40,44,46,50,52,56-59,65,67,73-77,79-90,92-95,97-103H,3-4,6,8-10,12,14-16,18,20-22,24,26-28,30,32,35,38,41-43,45,47-49,51,53-55,60-64,66,68-72H2,1-2H3,(H,91,96)/b7-5-,13-11-,19-17-,25-23-,31-29-,34-33-,37-36-,40-39-,46-44-,52-50-,58-56-,59-57+,67-65+. The van der Waals surface area contributed by atoms with Gasteiger partial charge in [-0.1, -0.05) is 307 Å². The van der Waals surface area contributed by atoms with E-state index in [0.29, 0.717) is 12.8 Å².